The predicted octanol–water partition coefficient (Wildman–Crippen LogP) is 1.81. The van der Waals surface area contributed by atoms with E-state index in [1.807, 2.05) is 31.2 Å². The summed E-state index contributed by atoms with van der Waals surface area (Å²) in [6.07, 6.45) is 0. The van der Waals surface area contributed by atoms with Crippen molar-refractivity contribution >= 4 is 21.9 Å². The molecule has 0 atom stereocenters. The average molecular weight is 184 g/mol. The molecule has 14 heavy (non-hydrogen) atoms. The minimum Gasteiger partial charge on any atom is -0.280 e. The van der Waals surface area contributed by atoms with Gasteiger partial charge in [-0.3, -0.25) is 5.10 Å². The molecule has 0 unspecified atom stereocenters. The first-order valence-corrected chi connectivity index (χ1v) is 4.42. The molecule has 0 saturated heterocycles. The number of hydrogen-bond acceptors (Lipinski definition) is 3. The summed E-state index contributed by atoms with van der Waals surface area (Å²) in [5, 5.41) is 16.4. The smallest absolute Gasteiger partial charge is 0.134 e. The van der Waals surface area contributed by atoms with Crippen LogP contribution in [0, 0.1) is 6.92 Å². The van der Waals surface area contributed by atoms with Gasteiger partial charge in [0.15, 0.2) is 0 Å². The molecule has 0 radical (unpaired) electrons. The maximum absolute atomic E-state index is 4.22. The van der Waals surface area contributed by atoms with Gasteiger partial charge in [-0.25, -0.2) is 0 Å². The molecule has 1 N–H and O–H groups in total. The minimum atomic E-state index is 0.851. The molecule has 0 saturated carbocycles. The first kappa shape index (κ1) is 7.44. The number of hydrogen-bond donors (Lipinski definition) is 1. The van der Waals surface area contributed by atoms with Crippen LogP contribution in [0.15, 0.2) is 24.3 Å². The lowest BCUT2D eigenvalue weighted by atomic mass is 10.2. The van der Waals surface area contributed by atoms with Crippen LogP contribution in [0.3, 0.4) is 0 Å². The Kier molecular flexibility index (Phi) is 1.33. The number of aryl methyl sites for hydroxylation is 1. The SMILES string of the molecule is Cc1[nH]nc2c1nnc1ccccc12. The number of aromatic amines is 1. The highest BCUT2D eigenvalue weighted by Crippen LogP contribution is 2.20. The van der Waals surface area contributed by atoms with Crippen LogP contribution in [0.4, 0.5) is 0 Å². The maximum atomic E-state index is 4.22. The van der Waals surface area contributed by atoms with Gasteiger partial charge in [0.2, 0.25) is 0 Å². The molecule has 1 aromatic carbocycles. The Morgan fingerprint density at radius 2 is 1.93 bits per heavy atom. The van der Waals surface area contributed by atoms with Crippen molar-refractivity contribution in [1.82, 2.24) is 20.4 Å². The highest BCUT2D eigenvalue weighted by Gasteiger charge is 2.07. The molecule has 0 aliphatic heterocycles. The van der Waals surface area contributed by atoms with Gasteiger partial charge in [0, 0.05) is 5.39 Å². The Morgan fingerprint density at radius 3 is 2.86 bits per heavy atom. The molecular formula is C10H8N4. The van der Waals surface area contributed by atoms with Crippen molar-refractivity contribution in [2.75, 3.05) is 0 Å². The van der Waals surface area contributed by atoms with Gasteiger partial charge in [0.05, 0.1) is 11.2 Å². The molecular weight excluding hydrogens is 176 g/mol. The molecule has 0 spiro atoms. The molecule has 3 rings (SSSR count). The van der Waals surface area contributed by atoms with Crippen molar-refractivity contribution in [3.63, 3.8) is 0 Å². The van der Waals surface area contributed by atoms with Gasteiger partial charge >= 0.3 is 0 Å². The molecule has 0 aliphatic rings. The van der Waals surface area contributed by atoms with E-state index in [-0.39, 0.29) is 0 Å². The van der Waals surface area contributed by atoms with E-state index in [1.54, 1.807) is 0 Å². The third kappa shape index (κ3) is 0.849. The first-order chi connectivity index (χ1) is 6.86. The number of aromatic nitrogens is 4. The fraction of sp³-hybridized carbons (Fsp3) is 0.100. The predicted molar refractivity (Wildman–Crippen MR) is 53.9 cm³/mol. The minimum absolute atomic E-state index is 0.851. The largest absolute Gasteiger partial charge is 0.280 e. The molecule has 68 valence electrons. The molecule has 3 aromatic rings. The lowest BCUT2D eigenvalue weighted by Crippen LogP contribution is -1.85. The van der Waals surface area contributed by atoms with Crippen LogP contribution in [-0.4, -0.2) is 20.4 Å². The zero-order chi connectivity index (χ0) is 9.54. The van der Waals surface area contributed by atoms with Crippen LogP contribution >= 0.6 is 0 Å². The Hall–Kier alpha value is -1.97. The molecule has 0 fully saturated rings. The standard InChI is InChI=1S/C10H8N4/c1-6-9-10(14-11-6)7-4-2-3-5-8(7)12-13-9/h2-5H,1H3,(H,11,14). The number of fused-ring (bicyclic) bond motifs is 3. The Morgan fingerprint density at radius 1 is 1.07 bits per heavy atom. The van der Waals surface area contributed by atoms with Crippen LogP contribution in [0.25, 0.3) is 21.9 Å². The van der Waals surface area contributed by atoms with Gasteiger partial charge in [0.1, 0.15) is 11.0 Å². The van der Waals surface area contributed by atoms with E-state index >= 15 is 0 Å². The molecule has 2 aromatic heterocycles. The van der Waals surface area contributed by atoms with Crippen molar-refractivity contribution in [2.24, 2.45) is 0 Å². The van der Waals surface area contributed by atoms with E-state index in [0.717, 1.165) is 27.6 Å². The van der Waals surface area contributed by atoms with Crippen molar-refractivity contribution in [3.05, 3.63) is 30.0 Å². The van der Waals surface area contributed by atoms with E-state index in [2.05, 4.69) is 20.4 Å². The van der Waals surface area contributed by atoms with Crippen molar-refractivity contribution in [3.8, 4) is 0 Å². The third-order valence-corrected chi connectivity index (χ3v) is 2.33. The summed E-state index contributed by atoms with van der Waals surface area (Å²) in [6.45, 7) is 1.94. The lowest BCUT2D eigenvalue weighted by molar-refractivity contribution is 1.06. The van der Waals surface area contributed by atoms with E-state index in [0.29, 0.717) is 0 Å². The summed E-state index contributed by atoms with van der Waals surface area (Å²) in [6, 6.07) is 7.87. The van der Waals surface area contributed by atoms with Crippen molar-refractivity contribution in [2.45, 2.75) is 6.92 Å². The number of benzene rings is 1. The molecule has 4 heteroatoms. The second-order valence-electron chi connectivity index (χ2n) is 3.26. The van der Waals surface area contributed by atoms with Gasteiger partial charge in [-0.1, -0.05) is 18.2 Å². The number of nitrogens with one attached hydrogen (secondary N) is 1. The van der Waals surface area contributed by atoms with Crippen LogP contribution < -0.4 is 0 Å². The summed E-state index contributed by atoms with van der Waals surface area (Å²) in [7, 11) is 0. The monoisotopic (exact) mass is 184 g/mol. The lowest BCUT2D eigenvalue weighted by Gasteiger charge is -1.94. The van der Waals surface area contributed by atoms with Crippen LogP contribution in [0.1, 0.15) is 5.69 Å². The summed E-state index contributed by atoms with van der Waals surface area (Å²) < 4.78 is 0. The summed E-state index contributed by atoms with van der Waals surface area (Å²) in [4.78, 5) is 0. The molecule has 0 aliphatic carbocycles. The number of rotatable bonds is 0. The quantitative estimate of drug-likeness (QED) is 0.579. The second kappa shape index (κ2) is 2.51. The molecule has 0 bridgehead atoms. The topological polar surface area (TPSA) is 54.5 Å². The normalized spacial score (nSPS) is 11.2. The summed E-state index contributed by atoms with van der Waals surface area (Å²) >= 11 is 0. The molecule has 2 heterocycles. The van der Waals surface area contributed by atoms with E-state index in [1.165, 1.54) is 0 Å². The highest BCUT2D eigenvalue weighted by atomic mass is 15.2. The van der Waals surface area contributed by atoms with E-state index in [9.17, 15) is 0 Å². The maximum Gasteiger partial charge on any atom is 0.134 e. The van der Waals surface area contributed by atoms with Gasteiger partial charge in [-0.2, -0.15) is 5.10 Å². The van der Waals surface area contributed by atoms with Crippen LogP contribution in [0.2, 0.25) is 0 Å². The fourth-order valence-corrected chi connectivity index (χ4v) is 1.60. The Labute approximate surface area is 80.0 Å². The Bertz CT molecular complexity index is 612. The van der Waals surface area contributed by atoms with E-state index < -0.39 is 0 Å². The highest BCUT2D eigenvalue weighted by molar-refractivity contribution is 6.01. The van der Waals surface area contributed by atoms with Gasteiger partial charge in [-0.15, -0.1) is 10.2 Å². The third-order valence-electron chi connectivity index (χ3n) is 2.33. The first-order valence-electron chi connectivity index (χ1n) is 4.42. The molecule has 4 nitrogen and oxygen atoms in total. The summed E-state index contributed by atoms with van der Waals surface area (Å²) in [5.41, 5.74) is 3.58. The molecule has 0 amide bonds. The van der Waals surface area contributed by atoms with E-state index in [4.69, 9.17) is 0 Å². The Balaban J connectivity index is 2.61. The average Bonchev–Trinajstić information content (AvgIpc) is 2.61. The number of H-pyrrole nitrogens is 1. The fourth-order valence-electron chi connectivity index (χ4n) is 1.60. The zero-order valence-corrected chi connectivity index (χ0v) is 7.65. The zero-order valence-electron chi connectivity index (χ0n) is 7.65. The summed E-state index contributed by atoms with van der Waals surface area (Å²) in [5.74, 6) is 0. The van der Waals surface area contributed by atoms with Gasteiger partial charge in [0.25, 0.3) is 0 Å². The van der Waals surface area contributed by atoms with Crippen molar-refractivity contribution in [1.29, 1.82) is 0 Å². The van der Waals surface area contributed by atoms with Crippen LogP contribution in [0.5, 0.6) is 0 Å². The van der Waals surface area contributed by atoms with Crippen molar-refractivity contribution < 1.29 is 0 Å². The van der Waals surface area contributed by atoms with Gasteiger partial charge < -0.3 is 0 Å². The second-order valence-corrected chi connectivity index (χ2v) is 3.26. The van der Waals surface area contributed by atoms with Crippen LogP contribution in [-0.2, 0) is 0 Å². The number of nitrogens with zero attached hydrogens (tertiary/aromatic N) is 3. The van der Waals surface area contributed by atoms with Gasteiger partial charge in [-0.05, 0) is 13.0 Å².